The molecule has 0 aliphatic rings. The highest BCUT2D eigenvalue weighted by molar-refractivity contribution is 6.31. The fourth-order valence-electron chi connectivity index (χ4n) is 2.04. The molecule has 0 spiro atoms. The summed E-state index contributed by atoms with van der Waals surface area (Å²) >= 11 is 6.28. The van der Waals surface area contributed by atoms with Gasteiger partial charge in [-0.25, -0.2) is 0 Å². The highest BCUT2D eigenvalue weighted by Gasteiger charge is 2.22. The van der Waals surface area contributed by atoms with Crippen LogP contribution in [0.1, 0.15) is 31.4 Å². The molecule has 0 bridgehead atoms. The lowest BCUT2D eigenvalue weighted by atomic mass is 9.94. The largest absolute Gasteiger partial charge is 0.379 e. The molecule has 1 N–H and O–H groups in total. The number of nitrogens with one attached hydrogen (secondary N) is 1. The molecule has 0 aromatic heterocycles. The van der Waals surface area contributed by atoms with Crippen LogP contribution < -0.4 is 5.32 Å². The zero-order valence-electron chi connectivity index (χ0n) is 12.0. The van der Waals surface area contributed by atoms with Crippen LogP contribution in [-0.2, 0) is 11.2 Å². The zero-order valence-corrected chi connectivity index (χ0v) is 12.8. The lowest BCUT2D eigenvalue weighted by molar-refractivity contribution is 0.00773. The van der Waals surface area contributed by atoms with Crippen molar-refractivity contribution in [3.63, 3.8) is 0 Å². The third-order valence-corrected chi connectivity index (χ3v) is 3.73. The Morgan fingerprint density at radius 3 is 2.56 bits per heavy atom. The molecule has 0 amide bonds. The number of hydrogen-bond donors (Lipinski definition) is 1. The summed E-state index contributed by atoms with van der Waals surface area (Å²) in [6, 6.07) is 6.60. The molecule has 0 aliphatic heterocycles. The molecule has 3 heteroatoms. The van der Waals surface area contributed by atoms with Crippen molar-refractivity contribution in [2.75, 3.05) is 14.2 Å². The number of halogens is 1. The molecule has 18 heavy (non-hydrogen) atoms. The van der Waals surface area contributed by atoms with Gasteiger partial charge < -0.3 is 10.1 Å². The number of methoxy groups -OCH3 is 1. The van der Waals surface area contributed by atoms with Crippen molar-refractivity contribution in [2.24, 2.45) is 0 Å². The van der Waals surface area contributed by atoms with Gasteiger partial charge in [0.15, 0.2) is 0 Å². The monoisotopic (exact) mass is 269 g/mol. The van der Waals surface area contributed by atoms with E-state index in [4.69, 9.17) is 16.3 Å². The standard InChI is InChI=1S/C15H24ClNO/c1-11-6-7-12(14(16)8-11)9-13(17-4)10-15(2,3)18-5/h6-8,13,17H,9-10H2,1-5H3. The van der Waals surface area contributed by atoms with Gasteiger partial charge in [-0.2, -0.15) is 0 Å². The first-order valence-electron chi connectivity index (χ1n) is 6.35. The van der Waals surface area contributed by atoms with Gasteiger partial charge in [0.1, 0.15) is 0 Å². The predicted octanol–water partition coefficient (Wildman–Crippen LogP) is 3.59. The Balaban J connectivity index is 2.74. The van der Waals surface area contributed by atoms with Crippen LogP contribution in [0.15, 0.2) is 18.2 Å². The zero-order chi connectivity index (χ0) is 13.8. The first-order chi connectivity index (χ1) is 8.38. The number of hydrogen-bond acceptors (Lipinski definition) is 2. The third kappa shape index (κ3) is 4.60. The molecular weight excluding hydrogens is 246 g/mol. The molecule has 2 nitrogen and oxygen atoms in total. The molecule has 0 saturated carbocycles. The number of ether oxygens (including phenoxy) is 1. The maximum Gasteiger partial charge on any atom is 0.0637 e. The van der Waals surface area contributed by atoms with Gasteiger partial charge in [-0.05, 0) is 57.9 Å². The maximum absolute atomic E-state index is 6.28. The highest BCUT2D eigenvalue weighted by Crippen LogP contribution is 2.22. The number of benzene rings is 1. The van der Waals surface area contributed by atoms with Crippen molar-refractivity contribution in [1.29, 1.82) is 0 Å². The highest BCUT2D eigenvalue weighted by atomic mass is 35.5. The third-order valence-electron chi connectivity index (χ3n) is 3.37. The molecule has 1 atom stereocenters. The van der Waals surface area contributed by atoms with E-state index in [0.717, 1.165) is 17.9 Å². The Bertz CT molecular complexity index is 390. The first-order valence-corrected chi connectivity index (χ1v) is 6.73. The predicted molar refractivity (Wildman–Crippen MR) is 78.4 cm³/mol. The molecular formula is C15H24ClNO. The summed E-state index contributed by atoms with van der Waals surface area (Å²) in [5.41, 5.74) is 2.26. The number of rotatable bonds is 6. The van der Waals surface area contributed by atoms with Gasteiger partial charge in [-0.1, -0.05) is 23.7 Å². The van der Waals surface area contributed by atoms with E-state index in [1.165, 1.54) is 11.1 Å². The summed E-state index contributed by atoms with van der Waals surface area (Å²) in [5, 5.41) is 4.20. The van der Waals surface area contributed by atoms with Crippen LogP contribution in [-0.4, -0.2) is 25.8 Å². The molecule has 0 aliphatic carbocycles. The average molecular weight is 270 g/mol. The summed E-state index contributed by atoms with van der Waals surface area (Å²) in [5.74, 6) is 0. The molecule has 102 valence electrons. The first kappa shape index (κ1) is 15.5. The Kier molecular flexibility index (Phi) is 5.64. The second kappa shape index (κ2) is 6.55. The van der Waals surface area contributed by atoms with Crippen LogP contribution in [0.2, 0.25) is 5.02 Å². The SMILES string of the molecule is CNC(Cc1ccc(C)cc1Cl)CC(C)(C)OC. The smallest absolute Gasteiger partial charge is 0.0637 e. The van der Waals surface area contributed by atoms with Gasteiger partial charge in [0, 0.05) is 18.2 Å². The Hall–Kier alpha value is -0.570. The van der Waals surface area contributed by atoms with E-state index < -0.39 is 0 Å². The lowest BCUT2D eigenvalue weighted by Gasteiger charge is -2.28. The summed E-state index contributed by atoms with van der Waals surface area (Å²) in [6.07, 6.45) is 1.87. The minimum Gasteiger partial charge on any atom is -0.379 e. The van der Waals surface area contributed by atoms with E-state index in [-0.39, 0.29) is 5.60 Å². The number of likely N-dealkylation sites (N-methyl/N-ethyl adjacent to an activating group) is 1. The van der Waals surface area contributed by atoms with Gasteiger partial charge in [-0.3, -0.25) is 0 Å². The van der Waals surface area contributed by atoms with Crippen molar-refractivity contribution >= 4 is 11.6 Å². The molecule has 0 heterocycles. The van der Waals surface area contributed by atoms with Crippen LogP contribution in [0.25, 0.3) is 0 Å². The molecule has 1 aromatic carbocycles. The summed E-state index contributed by atoms with van der Waals surface area (Å²) in [4.78, 5) is 0. The Morgan fingerprint density at radius 1 is 1.39 bits per heavy atom. The summed E-state index contributed by atoms with van der Waals surface area (Å²) < 4.78 is 5.48. The van der Waals surface area contributed by atoms with Crippen molar-refractivity contribution < 1.29 is 4.74 Å². The fraction of sp³-hybridized carbons (Fsp3) is 0.600. The Morgan fingerprint density at radius 2 is 2.06 bits per heavy atom. The summed E-state index contributed by atoms with van der Waals surface area (Å²) in [7, 11) is 3.74. The van der Waals surface area contributed by atoms with E-state index in [1.54, 1.807) is 7.11 Å². The normalized spacial score (nSPS) is 13.7. The van der Waals surface area contributed by atoms with Crippen LogP contribution in [0.4, 0.5) is 0 Å². The van der Waals surface area contributed by atoms with E-state index in [9.17, 15) is 0 Å². The molecule has 0 radical (unpaired) electrons. The molecule has 1 unspecified atom stereocenters. The second-order valence-electron chi connectivity index (χ2n) is 5.45. The Labute approximate surface area is 116 Å². The van der Waals surface area contributed by atoms with Crippen molar-refractivity contribution in [2.45, 2.75) is 45.3 Å². The van der Waals surface area contributed by atoms with Gasteiger partial charge >= 0.3 is 0 Å². The average Bonchev–Trinajstić information content (AvgIpc) is 2.31. The minimum absolute atomic E-state index is 0.120. The van der Waals surface area contributed by atoms with Crippen molar-refractivity contribution in [1.82, 2.24) is 5.32 Å². The van der Waals surface area contributed by atoms with E-state index in [1.807, 2.05) is 13.1 Å². The van der Waals surface area contributed by atoms with E-state index in [0.29, 0.717) is 6.04 Å². The van der Waals surface area contributed by atoms with Gasteiger partial charge in [0.05, 0.1) is 5.60 Å². The minimum atomic E-state index is -0.120. The van der Waals surface area contributed by atoms with Gasteiger partial charge in [0.2, 0.25) is 0 Å². The van der Waals surface area contributed by atoms with Crippen LogP contribution in [0.5, 0.6) is 0 Å². The molecule has 1 aromatic rings. The van der Waals surface area contributed by atoms with Crippen molar-refractivity contribution in [3.8, 4) is 0 Å². The molecule has 1 rings (SSSR count). The van der Waals surface area contributed by atoms with Crippen molar-refractivity contribution in [3.05, 3.63) is 34.3 Å². The van der Waals surface area contributed by atoms with Gasteiger partial charge in [0.25, 0.3) is 0 Å². The van der Waals surface area contributed by atoms with Crippen LogP contribution >= 0.6 is 11.6 Å². The second-order valence-corrected chi connectivity index (χ2v) is 5.86. The molecule has 0 fully saturated rings. The van der Waals surface area contributed by atoms with Crippen LogP contribution in [0, 0.1) is 6.92 Å². The lowest BCUT2D eigenvalue weighted by Crippen LogP contribution is -2.37. The van der Waals surface area contributed by atoms with E-state index in [2.05, 4.69) is 38.2 Å². The van der Waals surface area contributed by atoms with E-state index >= 15 is 0 Å². The molecule has 0 saturated heterocycles. The topological polar surface area (TPSA) is 21.3 Å². The van der Waals surface area contributed by atoms with Gasteiger partial charge in [-0.15, -0.1) is 0 Å². The summed E-state index contributed by atoms with van der Waals surface area (Å²) in [6.45, 7) is 6.27. The van der Waals surface area contributed by atoms with Crippen LogP contribution in [0.3, 0.4) is 0 Å². The quantitative estimate of drug-likeness (QED) is 0.852. The maximum atomic E-state index is 6.28. The number of aryl methyl sites for hydroxylation is 1. The fourth-order valence-corrected chi connectivity index (χ4v) is 2.35.